The second-order valence-corrected chi connectivity index (χ2v) is 17.1. The van der Waals surface area contributed by atoms with Crippen molar-refractivity contribution in [3.8, 4) is 11.5 Å². The molecule has 54 heavy (non-hydrogen) atoms. The monoisotopic (exact) mass is 826 g/mol. The molecule has 0 saturated carbocycles. The van der Waals surface area contributed by atoms with Crippen molar-refractivity contribution in [3.63, 3.8) is 0 Å². The Kier molecular flexibility index (Phi) is 8.95. The number of carbonyl (C=O) groups excluding carboxylic acids is 2. The zero-order valence-electron chi connectivity index (χ0n) is 28.6. The van der Waals surface area contributed by atoms with Crippen LogP contribution in [0.1, 0.15) is 16.7 Å². The predicted molar refractivity (Wildman–Crippen MR) is 208 cm³/mol. The minimum atomic E-state index is -5.01. The fraction of sp³-hybridized carbons (Fsp3) is 0.128. The number of hydrazine groups is 1. The number of nitrogens with zero attached hydrogens (tertiary/aromatic N) is 4. The van der Waals surface area contributed by atoms with E-state index in [4.69, 9.17) is 9.47 Å². The van der Waals surface area contributed by atoms with E-state index in [0.29, 0.717) is 10.8 Å². The maximum Gasteiger partial charge on any atom is 0.348 e. The van der Waals surface area contributed by atoms with Crippen LogP contribution in [0, 0.1) is 6.92 Å². The Bertz CT molecular complexity index is 2510. The number of hydrogen-bond acceptors (Lipinski definition) is 8. The van der Waals surface area contributed by atoms with Crippen LogP contribution in [-0.2, 0) is 43.2 Å². The smallest absolute Gasteiger partial charge is 0.348 e. The molecule has 0 atom stereocenters. The standard InChI is InChI=1S/C39H31BrN4O8S2/c1-26-12-13-29-20-36(51-24-27-8-4-2-5-9-27)34(18-31(29)16-26)41-22-38(45)43(53(41,47)48)44-39(46)23-42(54(44,49)50)35-19-32-17-33(40)15-14-30(32)21-37(35)52-25-28-10-6-3-7-11-28/h2-21H,22-25H2,1H3. The molecule has 0 unspecified atom stereocenters. The maximum absolute atomic E-state index is 14.4. The largest absolute Gasteiger partial charge is 0.487 e. The Balaban J connectivity index is 1.17. The van der Waals surface area contributed by atoms with E-state index in [2.05, 4.69) is 15.9 Å². The number of rotatable bonds is 9. The lowest BCUT2D eigenvalue weighted by Crippen LogP contribution is -2.51. The van der Waals surface area contributed by atoms with Gasteiger partial charge in [0.05, 0.1) is 11.4 Å². The first-order valence-corrected chi connectivity index (χ1v) is 20.3. The van der Waals surface area contributed by atoms with Gasteiger partial charge in [0.2, 0.25) is 0 Å². The molecule has 2 aliphatic rings. The van der Waals surface area contributed by atoms with Gasteiger partial charge in [0.25, 0.3) is 11.8 Å². The second-order valence-electron chi connectivity index (χ2n) is 12.8. The van der Waals surface area contributed by atoms with E-state index < -0.39 is 45.3 Å². The van der Waals surface area contributed by atoms with Crippen molar-refractivity contribution >= 4 is 81.1 Å². The number of hydrogen-bond donors (Lipinski definition) is 0. The number of fused-ring (bicyclic) bond motifs is 2. The van der Waals surface area contributed by atoms with Gasteiger partial charge in [-0.15, -0.1) is 8.83 Å². The van der Waals surface area contributed by atoms with Crippen molar-refractivity contribution in [2.24, 2.45) is 0 Å². The number of halogens is 1. The zero-order chi connectivity index (χ0) is 37.8. The van der Waals surface area contributed by atoms with Crippen LogP contribution in [0.2, 0.25) is 0 Å². The van der Waals surface area contributed by atoms with Gasteiger partial charge in [-0.3, -0.25) is 9.59 Å². The fourth-order valence-corrected chi connectivity index (χ4v) is 10.3. The highest BCUT2D eigenvalue weighted by Gasteiger charge is 2.57. The molecule has 2 heterocycles. The van der Waals surface area contributed by atoms with Crippen LogP contribution in [0.4, 0.5) is 11.4 Å². The molecular weight excluding hydrogens is 796 g/mol. The topological polar surface area (TPSA) is 134 Å². The maximum atomic E-state index is 14.4. The molecule has 0 aromatic heterocycles. The number of ether oxygens (including phenoxy) is 2. The van der Waals surface area contributed by atoms with Crippen LogP contribution in [0.3, 0.4) is 0 Å². The molecule has 0 aliphatic carbocycles. The summed E-state index contributed by atoms with van der Waals surface area (Å²) >= 11 is 3.44. The quantitative estimate of drug-likeness (QED) is 0.159. The summed E-state index contributed by atoms with van der Waals surface area (Å²) in [6.45, 7) is 0.482. The lowest BCUT2D eigenvalue weighted by molar-refractivity contribution is -0.140. The van der Waals surface area contributed by atoms with Crippen LogP contribution < -0.4 is 18.1 Å². The van der Waals surface area contributed by atoms with Crippen molar-refractivity contribution in [1.82, 2.24) is 8.83 Å². The van der Waals surface area contributed by atoms with Gasteiger partial charge in [-0.2, -0.15) is 16.8 Å². The van der Waals surface area contributed by atoms with Crippen molar-refractivity contribution in [3.05, 3.63) is 142 Å². The number of amides is 2. The Labute approximate surface area is 320 Å². The molecule has 8 rings (SSSR count). The third kappa shape index (κ3) is 6.37. The first-order valence-electron chi connectivity index (χ1n) is 16.7. The molecule has 0 spiro atoms. The average Bonchev–Trinajstić information content (AvgIpc) is 3.53. The summed E-state index contributed by atoms with van der Waals surface area (Å²) in [5.41, 5.74) is 2.55. The lowest BCUT2D eigenvalue weighted by Gasteiger charge is -2.27. The van der Waals surface area contributed by atoms with E-state index in [1.807, 2.05) is 97.9 Å². The summed E-state index contributed by atoms with van der Waals surface area (Å²) in [6, 6.07) is 36.0. The minimum Gasteiger partial charge on any atom is -0.487 e. The zero-order valence-corrected chi connectivity index (χ0v) is 31.8. The highest BCUT2D eigenvalue weighted by molar-refractivity contribution is 9.10. The normalized spacial score (nSPS) is 16.5. The third-order valence-corrected chi connectivity index (χ3v) is 13.1. The first-order chi connectivity index (χ1) is 25.9. The van der Waals surface area contributed by atoms with Gasteiger partial charge >= 0.3 is 20.4 Å². The third-order valence-electron chi connectivity index (χ3n) is 9.11. The van der Waals surface area contributed by atoms with Crippen LogP contribution >= 0.6 is 15.9 Å². The van der Waals surface area contributed by atoms with Gasteiger partial charge in [0.1, 0.15) is 37.8 Å². The predicted octanol–water partition coefficient (Wildman–Crippen LogP) is 6.62. The van der Waals surface area contributed by atoms with Crippen LogP contribution in [0.5, 0.6) is 11.5 Å². The molecule has 6 aromatic rings. The molecule has 2 fully saturated rings. The molecule has 6 aromatic carbocycles. The van der Waals surface area contributed by atoms with E-state index in [9.17, 15) is 26.4 Å². The Hall–Kier alpha value is -5.64. The molecule has 0 radical (unpaired) electrons. The van der Waals surface area contributed by atoms with E-state index in [-0.39, 0.29) is 44.9 Å². The van der Waals surface area contributed by atoms with E-state index in [0.717, 1.165) is 40.5 Å². The second kappa shape index (κ2) is 13.6. The summed E-state index contributed by atoms with van der Waals surface area (Å²) in [5.74, 6) is -2.01. The van der Waals surface area contributed by atoms with E-state index in [1.54, 1.807) is 30.3 Å². The average molecular weight is 828 g/mol. The molecule has 0 N–H and O–H groups in total. The summed E-state index contributed by atoms with van der Waals surface area (Å²) in [4.78, 5) is 27.5. The highest BCUT2D eigenvalue weighted by atomic mass is 79.9. The van der Waals surface area contributed by atoms with Gasteiger partial charge < -0.3 is 9.47 Å². The number of anilines is 2. The molecule has 2 aliphatic heterocycles. The van der Waals surface area contributed by atoms with Gasteiger partial charge in [-0.05, 0) is 76.0 Å². The fourth-order valence-electron chi connectivity index (χ4n) is 6.49. The highest BCUT2D eigenvalue weighted by Crippen LogP contribution is 2.43. The van der Waals surface area contributed by atoms with E-state index >= 15 is 0 Å². The number of carbonyl (C=O) groups is 2. The molecule has 0 bridgehead atoms. The Morgan fingerprint density at radius 2 is 1.00 bits per heavy atom. The minimum absolute atomic E-state index is 0.00483. The summed E-state index contributed by atoms with van der Waals surface area (Å²) in [5, 5.41) is 2.78. The van der Waals surface area contributed by atoms with Crippen molar-refractivity contribution in [2.45, 2.75) is 20.1 Å². The van der Waals surface area contributed by atoms with Gasteiger partial charge in [-0.25, -0.2) is 8.61 Å². The molecular formula is C39H31BrN4O8S2. The van der Waals surface area contributed by atoms with E-state index in [1.165, 1.54) is 0 Å². The molecule has 12 nitrogen and oxygen atoms in total. The lowest BCUT2D eigenvalue weighted by atomic mass is 10.1. The van der Waals surface area contributed by atoms with Crippen LogP contribution in [0.25, 0.3) is 21.5 Å². The summed E-state index contributed by atoms with van der Waals surface area (Å²) in [7, 11) is -10.0. The van der Waals surface area contributed by atoms with Gasteiger partial charge in [0, 0.05) is 4.47 Å². The van der Waals surface area contributed by atoms with Crippen molar-refractivity contribution < 1.29 is 35.9 Å². The number of aryl methyl sites for hydroxylation is 1. The van der Waals surface area contributed by atoms with Crippen molar-refractivity contribution in [2.75, 3.05) is 21.7 Å². The Morgan fingerprint density at radius 3 is 1.48 bits per heavy atom. The van der Waals surface area contributed by atoms with Crippen molar-refractivity contribution in [1.29, 1.82) is 0 Å². The van der Waals surface area contributed by atoms with Gasteiger partial charge in [0.15, 0.2) is 0 Å². The van der Waals surface area contributed by atoms with Gasteiger partial charge in [-0.1, -0.05) is 106 Å². The SMILES string of the molecule is Cc1ccc2cc(OCc3ccccc3)c(N3CC(=O)N(N4C(=O)CN(c5cc6cc(Br)ccc6cc5OCc5ccccc5)S4(=O)=O)S3(=O)=O)cc2c1. The Morgan fingerprint density at radius 1 is 0.556 bits per heavy atom. The van der Waals surface area contributed by atoms with Crippen LogP contribution in [0.15, 0.2) is 126 Å². The van der Waals surface area contributed by atoms with Crippen LogP contribution in [-0.4, -0.2) is 50.6 Å². The molecule has 15 heteroatoms. The number of benzene rings is 6. The summed E-state index contributed by atoms with van der Waals surface area (Å²) in [6.07, 6.45) is 0. The summed E-state index contributed by atoms with van der Waals surface area (Å²) < 4.78 is 72.2. The molecule has 274 valence electrons. The molecule has 2 amide bonds. The molecule has 2 saturated heterocycles. The first kappa shape index (κ1) is 35.4.